The van der Waals surface area contributed by atoms with E-state index in [-0.39, 0.29) is 0 Å². The quantitative estimate of drug-likeness (QED) is 0.782. The summed E-state index contributed by atoms with van der Waals surface area (Å²) < 4.78 is 11.5. The molecule has 0 fully saturated rings. The lowest BCUT2D eigenvalue weighted by atomic mass is 10.1. The van der Waals surface area contributed by atoms with Gasteiger partial charge in [-0.3, -0.25) is 0 Å². The molecule has 0 saturated carbocycles. The second-order valence-electron chi connectivity index (χ2n) is 5.48. The Morgan fingerprint density at radius 1 is 1.24 bits per heavy atom. The first kappa shape index (κ1) is 16.5. The average molecular weight is 310 g/mol. The summed E-state index contributed by atoms with van der Waals surface area (Å²) in [5.74, 6) is 3.95. The normalized spacial score (nSPS) is 15.8. The van der Waals surface area contributed by atoms with Crippen LogP contribution in [-0.2, 0) is 0 Å². The molecule has 21 heavy (non-hydrogen) atoms. The molecule has 0 spiro atoms. The standard InChI is InChI=1S/C16H26N2O2S/c1-17-14(12-21-10-7-18(2)3)13-5-6-15-16(11-13)20-9-4-8-19-15/h5-6,11,14,17H,4,7-10,12H2,1-3H3. The van der Waals surface area contributed by atoms with Gasteiger partial charge in [-0.25, -0.2) is 0 Å². The monoisotopic (exact) mass is 310 g/mol. The number of thioether (sulfide) groups is 1. The predicted octanol–water partition coefficient (Wildman–Crippen LogP) is 2.40. The minimum absolute atomic E-state index is 0.342. The number of fused-ring (bicyclic) bond motifs is 1. The molecule has 2 rings (SSSR count). The molecule has 0 aromatic heterocycles. The Bertz CT molecular complexity index is 440. The molecule has 1 unspecified atom stereocenters. The maximum atomic E-state index is 5.77. The van der Waals surface area contributed by atoms with Crippen molar-refractivity contribution in [2.24, 2.45) is 0 Å². The Morgan fingerprint density at radius 2 is 2.00 bits per heavy atom. The molecule has 118 valence electrons. The van der Waals surface area contributed by atoms with Gasteiger partial charge in [0.05, 0.1) is 13.2 Å². The maximum Gasteiger partial charge on any atom is 0.161 e. The second kappa shape index (κ2) is 8.51. The highest BCUT2D eigenvalue weighted by Gasteiger charge is 2.15. The third-order valence-electron chi connectivity index (χ3n) is 3.49. The van der Waals surface area contributed by atoms with E-state index >= 15 is 0 Å². The number of nitrogens with zero attached hydrogens (tertiary/aromatic N) is 1. The van der Waals surface area contributed by atoms with Crippen LogP contribution in [0.15, 0.2) is 18.2 Å². The van der Waals surface area contributed by atoms with Gasteiger partial charge >= 0.3 is 0 Å². The molecule has 5 heteroatoms. The number of benzene rings is 1. The van der Waals surface area contributed by atoms with Gasteiger partial charge in [0.15, 0.2) is 11.5 Å². The SMILES string of the molecule is CNC(CSCCN(C)C)c1ccc2c(c1)OCCCO2. The van der Waals surface area contributed by atoms with Gasteiger partial charge in [-0.2, -0.15) is 11.8 Å². The van der Waals surface area contributed by atoms with Crippen LogP contribution < -0.4 is 14.8 Å². The highest BCUT2D eigenvalue weighted by molar-refractivity contribution is 7.99. The molecule has 1 N–H and O–H groups in total. The van der Waals surface area contributed by atoms with E-state index in [0.717, 1.165) is 49.2 Å². The summed E-state index contributed by atoms with van der Waals surface area (Å²) >= 11 is 1.97. The third kappa shape index (κ3) is 5.09. The van der Waals surface area contributed by atoms with Crippen LogP contribution in [0.3, 0.4) is 0 Å². The van der Waals surface area contributed by atoms with E-state index in [1.54, 1.807) is 0 Å². The van der Waals surface area contributed by atoms with Crippen molar-refractivity contribution in [2.75, 3.05) is 52.4 Å². The van der Waals surface area contributed by atoms with Gasteiger partial charge in [-0.1, -0.05) is 6.07 Å². The number of nitrogens with one attached hydrogen (secondary N) is 1. The Kier molecular flexibility index (Phi) is 6.67. The van der Waals surface area contributed by atoms with Crippen molar-refractivity contribution < 1.29 is 9.47 Å². The zero-order valence-corrected chi connectivity index (χ0v) is 14.0. The van der Waals surface area contributed by atoms with E-state index in [2.05, 4.69) is 36.4 Å². The molecule has 0 radical (unpaired) electrons. The van der Waals surface area contributed by atoms with Gasteiger partial charge in [-0.15, -0.1) is 0 Å². The summed E-state index contributed by atoms with van der Waals surface area (Å²) in [7, 11) is 6.24. The van der Waals surface area contributed by atoms with Crippen molar-refractivity contribution in [3.05, 3.63) is 23.8 Å². The Hall–Kier alpha value is -0.910. The van der Waals surface area contributed by atoms with E-state index in [9.17, 15) is 0 Å². The van der Waals surface area contributed by atoms with Crippen molar-refractivity contribution in [2.45, 2.75) is 12.5 Å². The van der Waals surface area contributed by atoms with Crippen LogP contribution >= 0.6 is 11.8 Å². The van der Waals surface area contributed by atoms with Crippen molar-refractivity contribution in [3.63, 3.8) is 0 Å². The Labute approximate surface area is 132 Å². The maximum absolute atomic E-state index is 5.77. The molecule has 1 aromatic carbocycles. The molecule has 1 heterocycles. The van der Waals surface area contributed by atoms with E-state index in [1.807, 2.05) is 24.9 Å². The Morgan fingerprint density at radius 3 is 2.71 bits per heavy atom. The number of ether oxygens (including phenoxy) is 2. The van der Waals surface area contributed by atoms with Crippen LogP contribution in [-0.4, -0.2) is 57.3 Å². The van der Waals surface area contributed by atoms with Crippen LogP contribution in [0, 0.1) is 0 Å². The van der Waals surface area contributed by atoms with E-state index in [1.165, 1.54) is 5.56 Å². The summed E-state index contributed by atoms with van der Waals surface area (Å²) in [5, 5.41) is 3.40. The lowest BCUT2D eigenvalue weighted by molar-refractivity contribution is 0.297. The second-order valence-corrected chi connectivity index (χ2v) is 6.63. The summed E-state index contributed by atoms with van der Waals surface area (Å²) in [4.78, 5) is 2.22. The number of rotatable bonds is 7. The zero-order chi connectivity index (χ0) is 15.1. The summed E-state index contributed by atoms with van der Waals surface area (Å²) in [6.07, 6.45) is 0.944. The smallest absolute Gasteiger partial charge is 0.161 e. The summed E-state index contributed by atoms with van der Waals surface area (Å²) in [6.45, 7) is 2.59. The number of hydrogen-bond acceptors (Lipinski definition) is 5. The predicted molar refractivity (Wildman–Crippen MR) is 89.7 cm³/mol. The van der Waals surface area contributed by atoms with Crippen LogP contribution in [0.1, 0.15) is 18.0 Å². The first-order chi connectivity index (χ1) is 10.2. The highest BCUT2D eigenvalue weighted by Crippen LogP contribution is 2.33. The molecule has 0 amide bonds. The van der Waals surface area contributed by atoms with Crippen molar-refractivity contribution in [1.29, 1.82) is 0 Å². The van der Waals surface area contributed by atoms with E-state index in [0.29, 0.717) is 6.04 Å². The first-order valence-corrected chi connectivity index (χ1v) is 8.65. The van der Waals surface area contributed by atoms with Gasteiger partial charge < -0.3 is 19.7 Å². The molecule has 0 bridgehead atoms. The van der Waals surface area contributed by atoms with E-state index < -0.39 is 0 Å². The van der Waals surface area contributed by atoms with Crippen LogP contribution in [0.4, 0.5) is 0 Å². The van der Waals surface area contributed by atoms with Crippen LogP contribution in [0.2, 0.25) is 0 Å². The van der Waals surface area contributed by atoms with Crippen molar-refractivity contribution in [3.8, 4) is 11.5 Å². The lowest BCUT2D eigenvalue weighted by Gasteiger charge is -2.18. The summed E-state index contributed by atoms with van der Waals surface area (Å²) in [5.41, 5.74) is 1.26. The lowest BCUT2D eigenvalue weighted by Crippen LogP contribution is -2.20. The first-order valence-electron chi connectivity index (χ1n) is 7.50. The molecule has 0 saturated heterocycles. The van der Waals surface area contributed by atoms with Gasteiger partial charge in [0, 0.05) is 30.5 Å². The fourth-order valence-corrected chi connectivity index (χ4v) is 3.45. The van der Waals surface area contributed by atoms with Gasteiger partial charge in [0.1, 0.15) is 0 Å². The number of hydrogen-bond donors (Lipinski definition) is 1. The molecule has 1 aromatic rings. The molecular formula is C16H26N2O2S. The van der Waals surface area contributed by atoms with Gasteiger partial charge in [-0.05, 0) is 38.8 Å². The third-order valence-corrected chi connectivity index (χ3v) is 4.53. The summed E-state index contributed by atoms with van der Waals surface area (Å²) in [6, 6.07) is 6.63. The fourth-order valence-electron chi connectivity index (χ4n) is 2.19. The molecular weight excluding hydrogens is 284 g/mol. The molecule has 0 aliphatic carbocycles. The van der Waals surface area contributed by atoms with E-state index in [4.69, 9.17) is 9.47 Å². The largest absolute Gasteiger partial charge is 0.490 e. The van der Waals surface area contributed by atoms with Crippen LogP contribution in [0.5, 0.6) is 11.5 Å². The molecule has 1 aliphatic rings. The van der Waals surface area contributed by atoms with Gasteiger partial charge in [0.25, 0.3) is 0 Å². The molecule has 1 aliphatic heterocycles. The molecule has 1 atom stereocenters. The minimum Gasteiger partial charge on any atom is -0.490 e. The average Bonchev–Trinajstić information content (AvgIpc) is 2.71. The van der Waals surface area contributed by atoms with Crippen LogP contribution in [0.25, 0.3) is 0 Å². The highest BCUT2D eigenvalue weighted by atomic mass is 32.2. The minimum atomic E-state index is 0.342. The Balaban J connectivity index is 1.96. The van der Waals surface area contributed by atoms with Crippen molar-refractivity contribution in [1.82, 2.24) is 10.2 Å². The van der Waals surface area contributed by atoms with Gasteiger partial charge in [0.2, 0.25) is 0 Å². The fraction of sp³-hybridized carbons (Fsp3) is 0.625. The zero-order valence-electron chi connectivity index (χ0n) is 13.2. The van der Waals surface area contributed by atoms with Crippen molar-refractivity contribution >= 4 is 11.8 Å². The topological polar surface area (TPSA) is 33.7 Å². The molecule has 4 nitrogen and oxygen atoms in total.